The minimum atomic E-state index is -5.06. The Kier molecular flexibility index (Phi) is 2.26. The molecule has 0 radical (unpaired) electrons. The highest BCUT2D eigenvalue weighted by atomic mass is 19.4. The predicted octanol–water partition coefficient (Wildman–Crippen LogP) is 0.949. The molecule has 84 valence electrons. The monoisotopic (exact) mass is 231 g/mol. The molecule has 0 saturated heterocycles. The summed E-state index contributed by atoms with van der Waals surface area (Å²) in [4.78, 5) is 15.0. The van der Waals surface area contributed by atoms with Crippen molar-refractivity contribution in [2.24, 2.45) is 0 Å². The van der Waals surface area contributed by atoms with Gasteiger partial charge >= 0.3 is 12.1 Å². The third kappa shape index (κ3) is 1.81. The molecule has 0 atom stereocenters. The minimum absolute atomic E-state index is 0.181. The number of alkyl halides is 3. The lowest BCUT2D eigenvalue weighted by molar-refractivity contribution is -0.201. The van der Waals surface area contributed by atoms with E-state index in [-0.39, 0.29) is 5.52 Å². The Bertz CT molecular complexity index is 535. The van der Waals surface area contributed by atoms with Crippen LogP contribution in [0.2, 0.25) is 0 Å². The number of fused-ring (bicyclic) bond motifs is 1. The number of carbonyl (C=O) groups is 1. The second kappa shape index (κ2) is 3.47. The minimum Gasteiger partial charge on any atom is -0.308 e. The average Bonchev–Trinajstić information content (AvgIpc) is 2.61. The quantitative estimate of drug-likeness (QED) is 0.685. The van der Waals surface area contributed by atoms with Gasteiger partial charge in [0.1, 0.15) is 11.0 Å². The second-order valence-electron chi connectivity index (χ2n) is 2.83. The number of carbonyl (C=O) groups excluding carboxylic acids is 1. The fourth-order valence-corrected chi connectivity index (χ4v) is 1.05. The number of hydrogen-bond acceptors (Lipinski definition) is 4. The highest BCUT2D eigenvalue weighted by Crippen LogP contribution is 2.16. The van der Waals surface area contributed by atoms with Crippen molar-refractivity contribution >= 4 is 17.0 Å². The molecule has 0 unspecified atom stereocenters. The van der Waals surface area contributed by atoms with E-state index in [4.69, 9.17) is 0 Å². The molecule has 5 nitrogen and oxygen atoms in total. The Morgan fingerprint density at radius 2 is 2.00 bits per heavy atom. The molecule has 0 spiro atoms. The van der Waals surface area contributed by atoms with E-state index in [0.29, 0.717) is 10.4 Å². The molecule has 0 fully saturated rings. The molecule has 1 heterocycles. The fraction of sp³-hybridized carbons (Fsp3) is 0.125. The van der Waals surface area contributed by atoms with Gasteiger partial charge in [-0.05, 0) is 17.3 Å². The van der Waals surface area contributed by atoms with Crippen molar-refractivity contribution in [3.05, 3.63) is 24.3 Å². The SMILES string of the molecule is O=C(On1nnc2ccccc21)C(F)(F)F. The van der Waals surface area contributed by atoms with Crippen molar-refractivity contribution in [1.82, 2.24) is 15.2 Å². The topological polar surface area (TPSA) is 57.0 Å². The zero-order valence-electron chi connectivity index (χ0n) is 7.60. The molecule has 0 saturated carbocycles. The molecule has 1 aromatic heterocycles. The number of para-hydroxylation sites is 1. The summed E-state index contributed by atoms with van der Waals surface area (Å²) in [5.74, 6) is -2.34. The zero-order valence-corrected chi connectivity index (χ0v) is 7.60. The number of rotatable bonds is 1. The van der Waals surface area contributed by atoms with Gasteiger partial charge in [0.15, 0.2) is 0 Å². The van der Waals surface area contributed by atoms with Gasteiger partial charge in [-0.25, -0.2) is 4.79 Å². The summed E-state index contributed by atoms with van der Waals surface area (Å²) in [6.07, 6.45) is -5.06. The Morgan fingerprint density at radius 1 is 1.31 bits per heavy atom. The summed E-state index contributed by atoms with van der Waals surface area (Å²) in [6.45, 7) is 0. The Hall–Kier alpha value is -2.12. The van der Waals surface area contributed by atoms with E-state index in [2.05, 4.69) is 15.1 Å². The molecule has 0 amide bonds. The van der Waals surface area contributed by atoms with Crippen molar-refractivity contribution in [2.45, 2.75) is 6.18 Å². The van der Waals surface area contributed by atoms with E-state index in [0.717, 1.165) is 0 Å². The van der Waals surface area contributed by atoms with Gasteiger partial charge < -0.3 is 4.84 Å². The van der Waals surface area contributed by atoms with Crippen LogP contribution in [0.3, 0.4) is 0 Å². The van der Waals surface area contributed by atoms with Gasteiger partial charge in [-0.15, -0.1) is 5.10 Å². The van der Waals surface area contributed by atoms with Gasteiger partial charge in [0.05, 0.1) is 0 Å². The maximum Gasteiger partial charge on any atom is 0.493 e. The van der Waals surface area contributed by atoms with Crippen molar-refractivity contribution in [3.63, 3.8) is 0 Å². The lowest BCUT2D eigenvalue weighted by atomic mass is 10.3. The Morgan fingerprint density at radius 3 is 2.69 bits per heavy atom. The Balaban J connectivity index is 2.32. The van der Waals surface area contributed by atoms with Gasteiger partial charge in [-0.2, -0.15) is 13.2 Å². The average molecular weight is 231 g/mol. The standard InChI is InChI=1S/C8H4F3N3O2/c9-8(10,11)7(15)16-14-6-4-2-1-3-5(6)12-13-14/h1-4H. The number of halogens is 3. The largest absolute Gasteiger partial charge is 0.493 e. The van der Waals surface area contributed by atoms with E-state index in [1.807, 2.05) is 0 Å². The summed E-state index contributed by atoms with van der Waals surface area (Å²) in [5.41, 5.74) is 0.512. The third-order valence-electron chi connectivity index (χ3n) is 1.72. The van der Waals surface area contributed by atoms with E-state index < -0.39 is 12.1 Å². The van der Waals surface area contributed by atoms with Crippen LogP contribution in [0.25, 0.3) is 11.0 Å². The number of aromatic nitrogens is 3. The van der Waals surface area contributed by atoms with E-state index in [1.165, 1.54) is 12.1 Å². The summed E-state index contributed by atoms with van der Waals surface area (Å²) < 4.78 is 35.7. The van der Waals surface area contributed by atoms with Crippen LogP contribution < -0.4 is 4.84 Å². The van der Waals surface area contributed by atoms with Crippen LogP contribution in [-0.4, -0.2) is 27.3 Å². The van der Waals surface area contributed by atoms with Crippen molar-refractivity contribution < 1.29 is 22.8 Å². The first-order chi connectivity index (χ1) is 7.48. The van der Waals surface area contributed by atoms with Crippen LogP contribution in [0.5, 0.6) is 0 Å². The maximum absolute atomic E-state index is 11.9. The molecule has 0 N–H and O–H groups in total. The summed E-state index contributed by atoms with van der Waals surface area (Å²) >= 11 is 0. The molecule has 0 aliphatic carbocycles. The molecule has 1 aromatic carbocycles. The Labute approximate surface area is 86.4 Å². The van der Waals surface area contributed by atoms with Crippen molar-refractivity contribution in [3.8, 4) is 0 Å². The van der Waals surface area contributed by atoms with Crippen LogP contribution >= 0.6 is 0 Å². The fourth-order valence-electron chi connectivity index (χ4n) is 1.05. The molecular weight excluding hydrogens is 227 g/mol. The molecule has 16 heavy (non-hydrogen) atoms. The summed E-state index contributed by atoms with van der Waals surface area (Å²) in [5, 5.41) is 6.79. The van der Waals surface area contributed by atoms with Crippen LogP contribution in [0.1, 0.15) is 0 Å². The molecule has 8 heteroatoms. The number of benzene rings is 1. The van der Waals surface area contributed by atoms with Gasteiger partial charge in [0.2, 0.25) is 0 Å². The molecule has 2 aromatic rings. The summed E-state index contributed by atoms with van der Waals surface area (Å²) in [6, 6.07) is 6.15. The smallest absolute Gasteiger partial charge is 0.308 e. The van der Waals surface area contributed by atoms with Gasteiger partial charge in [0.25, 0.3) is 0 Å². The molecule has 0 aliphatic rings. The van der Waals surface area contributed by atoms with Gasteiger partial charge in [-0.1, -0.05) is 17.0 Å². The van der Waals surface area contributed by atoms with Crippen LogP contribution in [0.15, 0.2) is 24.3 Å². The van der Waals surface area contributed by atoms with Crippen LogP contribution in [0, 0.1) is 0 Å². The zero-order chi connectivity index (χ0) is 11.8. The van der Waals surface area contributed by atoms with Gasteiger partial charge in [-0.3, -0.25) is 0 Å². The molecular formula is C8H4F3N3O2. The van der Waals surface area contributed by atoms with Gasteiger partial charge in [0, 0.05) is 0 Å². The third-order valence-corrected chi connectivity index (χ3v) is 1.72. The normalized spacial score (nSPS) is 11.7. The lowest BCUT2D eigenvalue weighted by Gasteiger charge is -2.05. The van der Waals surface area contributed by atoms with E-state index >= 15 is 0 Å². The van der Waals surface area contributed by atoms with Crippen molar-refractivity contribution in [1.29, 1.82) is 0 Å². The van der Waals surface area contributed by atoms with E-state index in [9.17, 15) is 18.0 Å². The van der Waals surface area contributed by atoms with Crippen molar-refractivity contribution in [2.75, 3.05) is 0 Å². The maximum atomic E-state index is 11.9. The number of nitrogens with zero attached hydrogens (tertiary/aromatic N) is 3. The number of hydrogen-bond donors (Lipinski definition) is 0. The summed E-state index contributed by atoms with van der Waals surface area (Å²) in [7, 11) is 0. The van der Waals surface area contributed by atoms with Crippen LogP contribution in [0.4, 0.5) is 13.2 Å². The lowest BCUT2D eigenvalue weighted by Crippen LogP contribution is -2.33. The van der Waals surface area contributed by atoms with E-state index in [1.54, 1.807) is 12.1 Å². The highest BCUT2D eigenvalue weighted by Gasteiger charge is 2.42. The first-order valence-electron chi connectivity index (χ1n) is 4.08. The van der Waals surface area contributed by atoms with Crippen LogP contribution in [-0.2, 0) is 4.79 Å². The molecule has 2 rings (SSSR count). The first-order valence-corrected chi connectivity index (χ1v) is 4.08. The first kappa shape index (κ1) is 10.4. The predicted molar refractivity (Wildman–Crippen MR) is 45.2 cm³/mol. The molecule has 0 bridgehead atoms. The molecule has 0 aliphatic heterocycles. The second-order valence-corrected chi connectivity index (χ2v) is 2.83. The highest BCUT2D eigenvalue weighted by molar-refractivity contribution is 5.78.